The van der Waals surface area contributed by atoms with Gasteiger partial charge in [0, 0.05) is 31.8 Å². The molecule has 0 saturated carbocycles. The Morgan fingerprint density at radius 1 is 0.926 bits per heavy atom. The molecule has 27 heavy (non-hydrogen) atoms. The van der Waals surface area contributed by atoms with Crippen molar-refractivity contribution in [3.63, 3.8) is 0 Å². The Hall–Kier alpha value is -2.57. The first-order valence-electron chi connectivity index (χ1n) is 8.36. The summed E-state index contributed by atoms with van der Waals surface area (Å²) in [5.74, 6) is 1.90. The van der Waals surface area contributed by atoms with Crippen LogP contribution in [-0.4, -0.2) is 26.3 Å². The van der Waals surface area contributed by atoms with Gasteiger partial charge in [-0.25, -0.2) is 0 Å². The Morgan fingerprint density at radius 3 is 2.33 bits per heavy atom. The van der Waals surface area contributed by atoms with E-state index in [0.717, 1.165) is 15.3 Å². The number of fused-ring (bicyclic) bond motifs is 1. The van der Waals surface area contributed by atoms with E-state index in [1.165, 1.54) is 15.8 Å². The van der Waals surface area contributed by atoms with Crippen molar-refractivity contribution < 1.29 is 14.2 Å². The average molecular weight is 398 g/mol. The van der Waals surface area contributed by atoms with Gasteiger partial charge in [0.05, 0.1) is 21.3 Å². The van der Waals surface area contributed by atoms with Gasteiger partial charge in [0.1, 0.15) is 0 Å². The molecule has 2 aromatic heterocycles. The van der Waals surface area contributed by atoms with Gasteiger partial charge in [0.25, 0.3) is 0 Å². The van der Waals surface area contributed by atoms with Crippen LogP contribution in [0.4, 0.5) is 0 Å². The predicted molar refractivity (Wildman–Crippen MR) is 112 cm³/mol. The van der Waals surface area contributed by atoms with Gasteiger partial charge in [-0.2, -0.15) is 0 Å². The number of hydrogen-bond donors (Lipinski definition) is 1. The highest BCUT2D eigenvalue weighted by Crippen LogP contribution is 2.44. The van der Waals surface area contributed by atoms with Gasteiger partial charge in [-0.3, -0.25) is 0 Å². The molecule has 0 unspecified atom stereocenters. The molecule has 0 aliphatic heterocycles. The third-order valence-corrected chi connectivity index (χ3v) is 6.26. The van der Waals surface area contributed by atoms with Crippen LogP contribution in [0.1, 0.15) is 0 Å². The highest BCUT2D eigenvalue weighted by molar-refractivity contribution is 7.99. The van der Waals surface area contributed by atoms with Crippen LogP contribution in [0.15, 0.2) is 63.8 Å². The number of thiophene rings is 1. The largest absolute Gasteiger partial charge is 0.493 e. The fraction of sp³-hybridized carbons (Fsp3) is 0.143. The molecule has 0 aliphatic carbocycles. The van der Waals surface area contributed by atoms with Gasteiger partial charge in [-0.15, -0.1) is 11.3 Å². The molecule has 4 aromatic rings. The lowest BCUT2D eigenvalue weighted by Crippen LogP contribution is -1.95. The highest BCUT2D eigenvalue weighted by Gasteiger charge is 2.15. The lowest BCUT2D eigenvalue weighted by molar-refractivity contribution is 0.323. The zero-order valence-electron chi connectivity index (χ0n) is 15.2. The van der Waals surface area contributed by atoms with Crippen molar-refractivity contribution in [2.75, 3.05) is 21.3 Å². The lowest BCUT2D eigenvalue weighted by Gasteiger charge is -2.13. The summed E-state index contributed by atoms with van der Waals surface area (Å²) in [5.41, 5.74) is 2.34. The van der Waals surface area contributed by atoms with Crippen LogP contribution < -0.4 is 14.2 Å². The molecule has 138 valence electrons. The Morgan fingerprint density at radius 2 is 1.70 bits per heavy atom. The monoisotopic (exact) mass is 397 g/mol. The molecule has 0 spiro atoms. The van der Waals surface area contributed by atoms with Gasteiger partial charge < -0.3 is 19.2 Å². The maximum atomic E-state index is 5.47. The summed E-state index contributed by atoms with van der Waals surface area (Å²) in [6.45, 7) is 0. The smallest absolute Gasteiger partial charge is 0.203 e. The van der Waals surface area contributed by atoms with E-state index in [0.29, 0.717) is 17.2 Å². The number of aromatic nitrogens is 1. The number of methoxy groups -OCH3 is 3. The van der Waals surface area contributed by atoms with Crippen molar-refractivity contribution in [1.29, 1.82) is 0 Å². The molecule has 0 radical (unpaired) electrons. The van der Waals surface area contributed by atoms with Gasteiger partial charge >= 0.3 is 0 Å². The van der Waals surface area contributed by atoms with Crippen molar-refractivity contribution >= 4 is 34.0 Å². The zero-order valence-corrected chi connectivity index (χ0v) is 16.9. The fourth-order valence-electron chi connectivity index (χ4n) is 3.02. The average Bonchev–Trinajstić information content (AvgIpc) is 3.37. The predicted octanol–water partition coefficient (Wildman–Crippen LogP) is 6.07. The normalized spacial score (nSPS) is 10.9. The van der Waals surface area contributed by atoms with Crippen molar-refractivity contribution in [2.45, 2.75) is 9.79 Å². The third kappa shape index (κ3) is 3.38. The Balaban J connectivity index is 1.74. The maximum absolute atomic E-state index is 5.47. The summed E-state index contributed by atoms with van der Waals surface area (Å²) in [6.07, 6.45) is 2.04. The molecular weight excluding hydrogens is 378 g/mol. The minimum absolute atomic E-state index is 0.600. The summed E-state index contributed by atoms with van der Waals surface area (Å²) in [5, 5.41) is 3.29. The van der Waals surface area contributed by atoms with E-state index in [-0.39, 0.29) is 0 Å². The van der Waals surface area contributed by atoms with Crippen molar-refractivity contribution in [3.05, 3.63) is 54.0 Å². The molecule has 0 atom stereocenters. The molecule has 6 heteroatoms. The summed E-state index contributed by atoms with van der Waals surface area (Å²) in [6, 6.07) is 14.7. The minimum Gasteiger partial charge on any atom is -0.493 e. The number of H-pyrrole nitrogens is 1. The zero-order chi connectivity index (χ0) is 18.8. The van der Waals surface area contributed by atoms with Crippen LogP contribution in [-0.2, 0) is 0 Å². The minimum atomic E-state index is 0.600. The molecule has 0 saturated heterocycles. The Kier molecular flexibility index (Phi) is 5.01. The second-order valence-electron chi connectivity index (χ2n) is 5.85. The van der Waals surface area contributed by atoms with Crippen LogP contribution in [0.25, 0.3) is 21.3 Å². The molecule has 1 N–H and O–H groups in total. The second kappa shape index (κ2) is 7.58. The molecule has 2 aromatic carbocycles. The lowest BCUT2D eigenvalue weighted by atomic mass is 10.1. The molecule has 4 rings (SSSR count). The Bertz CT molecular complexity index is 1050. The molecule has 0 aliphatic rings. The number of nitrogens with one attached hydrogen (secondary N) is 1. The van der Waals surface area contributed by atoms with Crippen LogP contribution >= 0.6 is 23.1 Å². The maximum Gasteiger partial charge on any atom is 0.203 e. The second-order valence-corrected chi connectivity index (χ2v) is 7.92. The van der Waals surface area contributed by atoms with Gasteiger partial charge in [-0.1, -0.05) is 23.9 Å². The molecule has 4 nitrogen and oxygen atoms in total. The van der Waals surface area contributed by atoms with Crippen molar-refractivity contribution in [3.8, 4) is 27.7 Å². The van der Waals surface area contributed by atoms with Crippen molar-refractivity contribution in [1.82, 2.24) is 4.98 Å². The number of rotatable bonds is 6. The standard InChI is InChI=1S/C21H19NO3S2/c1-23-17-10-14(11-18(24-2)21(17)25-3)27-20-12-22-16-7-6-13(9-15(16)20)19-5-4-8-26-19/h4-12,22H,1-3H3. The summed E-state index contributed by atoms with van der Waals surface area (Å²) in [4.78, 5) is 6.79. The number of hydrogen-bond acceptors (Lipinski definition) is 5. The van der Waals surface area contributed by atoms with Crippen LogP contribution in [0.5, 0.6) is 17.2 Å². The topological polar surface area (TPSA) is 43.5 Å². The van der Waals surface area contributed by atoms with E-state index in [1.807, 2.05) is 18.3 Å². The van der Waals surface area contributed by atoms with E-state index in [9.17, 15) is 0 Å². The molecule has 0 fully saturated rings. The number of aromatic amines is 1. The summed E-state index contributed by atoms with van der Waals surface area (Å²) >= 11 is 3.41. The van der Waals surface area contributed by atoms with E-state index in [1.54, 1.807) is 44.4 Å². The number of benzene rings is 2. The fourth-order valence-corrected chi connectivity index (χ4v) is 4.72. The van der Waals surface area contributed by atoms with Crippen molar-refractivity contribution in [2.24, 2.45) is 0 Å². The summed E-state index contributed by atoms with van der Waals surface area (Å²) < 4.78 is 16.4. The van der Waals surface area contributed by atoms with E-state index in [4.69, 9.17) is 14.2 Å². The number of ether oxygens (including phenoxy) is 3. The van der Waals surface area contributed by atoms with Crippen LogP contribution in [0, 0.1) is 0 Å². The molecule has 0 amide bonds. The summed E-state index contributed by atoms with van der Waals surface area (Å²) in [7, 11) is 4.87. The highest BCUT2D eigenvalue weighted by atomic mass is 32.2. The first kappa shape index (κ1) is 17.8. The van der Waals surface area contributed by atoms with E-state index < -0.39 is 0 Å². The molecule has 2 heterocycles. The molecular formula is C21H19NO3S2. The Labute approximate surface area is 166 Å². The van der Waals surface area contributed by atoms with E-state index >= 15 is 0 Å². The van der Waals surface area contributed by atoms with E-state index in [2.05, 4.69) is 40.7 Å². The van der Waals surface area contributed by atoms with Gasteiger partial charge in [0.15, 0.2) is 11.5 Å². The molecule has 0 bridgehead atoms. The van der Waals surface area contributed by atoms with Crippen LogP contribution in [0.3, 0.4) is 0 Å². The quantitative estimate of drug-likeness (QED) is 0.429. The SMILES string of the molecule is COc1cc(Sc2c[nH]c3ccc(-c4cccs4)cc23)cc(OC)c1OC. The third-order valence-electron chi connectivity index (χ3n) is 4.32. The van der Waals surface area contributed by atoms with Gasteiger partial charge in [-0.05, 0) is 41.3 Å². The van der Waals surface area contributed by atoms with Crippen LogP contribution in [0.2, 0.25) is 0 Å². The first-order chi connectivity index (χ1) is 13.2. The van der Waals surface area contributed by atoms with Gasteiger partial charge in [0.2, 0.25) is 5.75 Å². The first-order valence-corrected chi connectivity index (χ1v) is 10.1.